The Bertz CT molecular complexity index is 829. The highest BCUT2D eigenvalue weighted by molar-refractivity contribution is 5.99. The Morgan fingerprint density at radius 1 is 0.963 bits per heavy atom. The van der Waals surface area contributed by atoms with Crippen LogP contribution in [0.1, 0.15) is 39.6 Å². The quantitative estimate of drug-likeness (QED) is 0.629. The molecule has 0 heterocycles. The summed E-state index contributed by atoms with van der Waals surface area (Å²) in [5.41, 5.74) is 2.46. The molecule has 6 nitrogen and oxygen atoms in total. The summed E-state index contributed by atoms with van der Waals surface area (Å²) in [6, 6.07) is 13.7. The Labute approximate surface area is 158 Å². The van der Waals surface area contributed by atoms with Crippen molar-refractivity contribution in [2.45, 2.75) is 19.9 Å². The van der Waals surface area contributed by atoms with Gasteiger partial charge in [0, 0.05) is 29.9 Å². The van der Waals surface area contributed by atoms with E-state index in [0.717, 1.165) is 12.0 Å². The molecule has 0 atom stereocenters. The molecule has 0 aliphatic rings. The largest absolute Gasteiger partial charge is 0.352 e. The Morgan fingerprint density at radius 3 is 2.33 bits per heavy atom. The monoisotopic (exact) mass is 365 g/mol. The van der Waals surface area contributed by atoms with E-state index in [2.05, 4.69) is 22.5 Å². The molecule has 2 aromatic rings. The fourth-order valence-corrected chi connectivity index (χ4v) is 2.35. The van der Waals surface area contributed by atoms with E-state index >= 15 is 0 Å². The number of hydrogen-bond donors (Lipinski definition) is 3. The highest BCUT2D eigenvalue weighted by atomic mass is 16.2. The van der Waals surface area contributed by atoms with Crippen molar-refractivity contribution < 1.29 is 14.4 Å². The van der Waals surface area contributed by atoms with Crippen LogP contribution in [0.3, 0.4) is 0 Å². The van der Waals surface area contributed by atoms with Crippen LogP contribution in [0.25, 0.3) is 0 Å². The van der Waals surface area contributed by atoms with E-state index in [9.17, 15) is 14.4 Å². The lowest BCUT2D eigenvalue weighted by molar-refractivity contribution is -0.111. The highest BCUT2D eigenvalue weighted by Gasteiger charge is 2.08. The highest BCUT2D eigenvalue weighted by Crippen LogP contribution is 2.10. The fourth-order valence-electron chi connectivity index (χ4n) is 2.35. The first-order chi connectivity index (χ1) is 13.0. The fraction of sp³-hybridized carbons (Fsp3) is 0.190. The summed E-state index contributed by atoms with van der Waals surface area (Å²) in [5, 5.41) is 8.27. The van der Waals surface area contributed by atoms with Gasteiger partial charge in [-0.3, -0.25) is 14.4 Å². The van der Waals surface area contributed by atoms with Crippen LogP contribution in [0.5, 0.6) is 0 Å². The van der Waals surface area contributed by atoms with Gasteiger partial charge in [0.05, 0.1) is 0 Å². The SMILES string of the molecule is C=CC(=O)Nc1ccc(C(=O)NCc2cccc(C(=O)NCCC)c2)cc1. The maximum atomic E-state index is 12.3. The van der Waals surface area contributed by atoms with Crippen molar-refractivity contribution in [3.63, 3.8) is 0 Å². The van der Waals surface area contributed by atoms with Crippen molar-refractivity contribution >= 4 is 23.4 Å². The zero-order valence-corrected chi connectivity index (χ0v) is 15.2. The van der Waals surface area contributed by atoms with Gasteiger partial charge in [0.25, 0.3) is 11.8 Å². The Kier molecular flexibility index (Phi) is 7.31. The van der Waals surface area contributed by atoms with E-state index < -0.39 is 0 Å². The van der Waals surface area contributed by atoms with Gasteiger partial charge in [-0.15, -0.1) is 0 Å². The van der Waals surface area contributed by atoms with Gasteiger partial charge in [0.1, 0.15) is 0 Å². The molecule has 6 heteroatoms. The lowest BCUT2D eigenvalue weighted by Crippen LogP contribution is -2.25. The summed E-state index contributed by atoms with van der Waals surface area (Å²) in [4.78, 5) is 35.5. The van der Waals surface area contributed by atoms with E-state index in [1.165, 1.54) is 6.08 Å². The summed E-state index contributed by atoms with van der Waals surface area (Å²) < 4.78 is 0. The third-order valence-corrected chi connectivity index (χ3v) is 3.78. The molecule has 0 aromatic heterocycles. The molecule has 2 aromatic carbocycles. The molecule has 0 unspecified atom stereocenters. The van der Waals surface area contributed by atoms with Crippen molar-refractivity contribution in [1.29, 1.82) is 0 Å². The van der Waals surface area contributed by atoms with Crippen LogP contribution < -0.4 is 16.0 Å². The number of carbonyl (C=O) groups is 3. The summed E-state index contributed by atoms with van der Waals surface area (Å²) in [6.07, 6.45) is 2.05. The maximum absolute atomic E-state index is 12.3. The van der Waals surface area contributed by atoms with Gasteiger partial charge in [-0.1, -0.05) is 25.6 Å². The zero-order chi connectivity index (χ0) is 19.6. The molecule has 0 saturated carbocycles. The van der Waals surface area contributed by atoms with Gasteiger partial charge in [-0.05, 0) is 54.5 Å². The second-order valence-corrected chi connectivity index (χ2v) is 5.91. The summed E-state index contributed by atoms with van der Waals surface area (Å²) in [5.74, 6) is -0.672. The van der Waals surface area contributed by atoms with Crippen LogP contribution in [-0.2, 0) is 11.3 Å². The lowest BCUT2D eigenvalue weighted by Gasteiger charge is -2.09. The number of carbonyl (C=O) groups excluding carboxylic acids is 3. The number of nitrogens with one attached hydrogen (secondary N) is 3. The molecule has 3 N–H and O–H groups in total. The third kappa shape index (κ3) is 6.11. The molecule has 3 amide bonds. The number of rotatable bonds is 8. The van der Waals surface area contributed by atoms with Crippen LogP contribution in [0.4, 0.5) is 5.69 Å². The van der Waals surface area contributed by atoms with E-state index in [4.69, 9.17) is 0 Å². The Hall–Kier alpha value is -3.41. The van der Waals surface area contributed by atoms with Gasteiger partial charge in [0.2, 0.25) is 5.91 Å². The second-order valence-electron chi connectivity index (χ2n) is 5.91. The first-order valence-corrected chi connectivity index (χ1v) is 8.72. The molecule has 0 fully saturated rings. The normalized spacial score (nSPS) is 9.96. The van der Waals surface area contributed by atoms with E-state index in [1.807, 2.05) is 13.0 Å². The first kappa shape index (κ1) is 19.9. The molecule has 27 heavy (non-hydrogen) atoms. The van der Waals surface area contributed by atoms with Crippen molar-refractivity contribution in [3.8, 4) is 0 Å². The molecule has 0 radical (unpaired) electrons. The molecule has 0 spiro atoms. The number of anilines is 1. The molecule has 140 valence electrons. The van der Waals surface area contributed by atoms with Gasteiger partial charge in [0.15, 0.2) is 0 Å². The molecular formula is C21H23N3O3. The molecule has 0 aliphatic heterocycles. The van der Waals surface area contributed by atoms with Crippen LogP contribution in [0, 0.1) is 0 Å². The van der Waals surface area contributed by atoms with Gasteiger partial charge < -0.3 is 16.0 Å². The Balaban J connectivity index is 1.94. The number of amides is 3. The lowest BCUT2D eigenvalue weighted by atomic mass is 10.1. The van der Waals surface area contributed by atoms with Crippen molar-refractivity contribution in [2.24, 2.45) is 0 Å². The molecule has 0 aliphatic carbocycles. The van der Waals surface area contributed by atoms with Gasteiger partial charge >= 0.3 is 0 Å². The van der Waals surface area contributed by atoms with Crippen molar-refractivity contribution in [1.82, 2.24) is 10.6 Å². The molecule has 0 bridgehead atoms. The van der Waals surface area contributed by atoms with Crippen LogP contribution in [0.15, 0.2) is 61.2 Å². The van der Waals surface area contributed by atoms with Gasteiger partial charge in [-0.25, -0.2) is 0 Å². The number of benzene rings is 2. The number of hydrogen-bond acceptors (Lipinski definition) is 3. The minimum Gasteiger partial charge on any atom is -0.352 e. The zero-order valence-electron chi connectivity index (χ0n) is 15.2. The van der Waals surface area contributed by atoms with E-state index in [1.54, 1.807) is 42.5 Å². The second kappa shape index (κ2) is 9.91. The average Bonchev–Trinajstić information content (AvgIpc) is 2.70. The first-order valence-electron chi connectivity index (χ1n) is 8.72. The average molecular weight is 365 g/mol. The summed E-state index contributed by atoms with van der Waals surface area (Å²) in [7, 11) is 0. The van der Waals surface area contributed by atoms with Gasteiger partial charge in [-0.2, -0.15) is 0 Å². The van der Waals surface area contributed by atoms with Crippen LogP contribution in [-0.4, -0.2) is 24.3 Å². The van der Waals surface area contributed by atoms with E-state index in [0.29, 0.717) is 29.9 Å². The van der Waals surface area contributed by atoms with Crippen molar-refractivity contribution in [3.05, 3.63) is 77.9 Å². The third-order valence-electron chi connectivity index (χ3n) is 3.78. The minimum atomic E-state index is -0.310. The summed E-state index contributed by atoms with van der Waals surface area (Å²) >= 11 is 0. The molecule has 0 saturated heterocycles. The predicted octanol–water partition coefficient (Wildman–Crippen LogP) is 2.88. The summed E-state index contributed by atoms with van der Waals surface area (Å²) in [6.45, 7) is 6.31. The maximum Gasteiger partial charge on any atom is 0.251 e. The predicted molar refractivity (Wildman–Crippen MR) is 106 cm³/mol. The smallest absolute Gasteiger partial charge is 0.251 e. The minimum absolute atomic E-state index is 0.123. The van der Waals surface area contributed by atoms with E-state index in [-0.39, 0.29) is 17.7 Å². The van der Waals surface area contributed by atoms with Crippen LogP contribution in [0.2, 0.25) is 0 Å². The topological polar surface area (TPSA) is 87.3 Å². The standard InChI is InChI=1S/C21H23N3O3/c1-3-12-22-21(27)17-7-5-6-15(13-17)14-23-20(26)16-8-10-18(11-9-16)24-19(25)4-2/h4-11,13H,2-3,12,14H2,1H3,(H,22,27)(H,23,26)(H,24,25). The Morgan fingerprint density at radius 2 is 1.67 bits per heavy atom. The van der Waals surface area contributed by atoms with Crippen LogP contribution >= 0.6 is 0 Å². The van der Waals surface area contributed by atoms with Crippen molar-refractivity contribution in [2.75, 3.05) is 11.9 Å². The molecular weight excluding hydrogens is 342 g/mol. The molecule has 2 rings (SSSR count).